The summed E-state index contributed by atoms with van der Waals surface area (Å²) >= 11 is 0. The number of halogens is 1. The van der Waals surface area contributed by atoms with Gasteiger partial charge in [0.1, 0.15) is 5.76 Å². The lowest BCUT2D eigenvalue weighted by atomic mass is 10.2. The highest BCUT2D eigenvalue weighted by Crippen LogP contribution is 2.08. The lowest BCUT2D eigenvalue weighted by Crippen LogP contribution is -2.41. The van der Waals surface area contributed by atoms with Crippen LogP contribution in [0.5, 0.6) is 0 Å². The van der Waals surface area contributed by atoms with Gasteiger partial charge >= 0.3 is 0 Å². The Kier molecular flexibility index (Phi) is 6.14. The minimum Gasteiger partial charge on any atom is -0.468 e. The number of nitrogens with zero attached hydrogens (tertiary/aromatic N) is 1. The molecule has 92 valence electrons. The molecular weight excluding hydrogens is 228 g/mol. The number of carbonyl (C=O) groups is 1. The van der Waals surface area contributed by atoms with E-state index in [1.54, 1.807) is 25.3 Å². The summed E-state index contributed by atoms with van der Waals surface area (Å²) in [5.74, 6) is 0.951. The van der Waals surface area contributed by atoms with Crippen LogP contribution in [0.25, 0.3) is 0 Å². The zero-order chi connectivity index (χ0) is 11.4. The standard InChI is InChI=1S/C11H18N2O2.ClH/c1-8-5-6-15-10(8)7-12-9(2)11(14)13(3)4;/h5-6,9,12H,7H2,1-4H3;1H/t9-;/m1./s1. The van der Waals surface area contributed by atoms with E-state index in [0.29, 0.717) is 6.54 Å². The first-order valence-electron chi connectivity index (χ1n) is 5.00. The van der Waals surface area contributed by atoms with Crippen LogP contribution in [0.15, 0.2) is 16.7 Å². The van der Waals surface area contributed by atoms with Crippen molar-refractivity contribution in [1.82, 2.24) is 10.2 Å². The molecule has 1 amide bonds. The van der Waals surface area contributed by atoms with Gasteiger partial charge < -0.3 is 9.32 Å². The molecule has 0 aromatic carbocycles. The van der Waals surface area contributed by atoms with E-state index in [9.17, 15) is 4.79 Å². The fraction of sp³-hybridized carbons (Fsp3) is 0.545. The van der Waals surface area contributed by atoms with E-state index in [2.05, 4.69) is 5.32 Å². The van der Waals surface area contributed by atoms with Crippen LogP contribution in [0, 0.1) is 6.92 Å². The third kappa shape index (κ3) is 3.87. The Labute approximate surface area is 102 Å². The van der Waals surface area contributed by atoms with E-state index in [0.717, 1.165) is 11.3 Å². The predicted molar refractivity (Wildman–Crippen MR) is 65.7 cm³/mol. The van der Waals surface area contributed by atoms with E-state index in [4.69, 9.17) is 4.42 Å². The quantitative estimate of drug-likeness (QED) is 0.877. The first-order valence-corrected chi connectivity index (χ1v) is 5.00. The van der Waals surface area contributed by atoms with Crippen molar-refractivity contribution in [3.05, 3.63) is 23.7 Å². The second-order valence-corrected chi connectivity index (χ2v) is 3.86. The van der Waals surface area contributed by atoms with Gasteiger partial charge in [-0.25, -0.2) is 0 Å². The number of rotatable bonds is 4. The number of hydrogen-bond acceptors (Lipinski definition) is 3. The number of aryl methyl sites for hydroxylation is 1. The molecule has 16 heavy (non-hydrogen) atoms. The highest BCUT2D eigenvalue weighted by atomic mass is 35.5. The molecule has 1 aromatic heterocycles. The third-order valence-electron chi connectivity index (χ3n) is 2.35. The van der Waals surface area contributed by atoms with Crippen LogP contribution < -0.4 is 5.32 Å². The smallest absolute Gasteiger partial charge is 0.238 e. The molecule has 0 aliphatic rings. The summed E-state index contributed by atoms with van der Waals surface area (Å²) in [7, 11) is 3.50. The summed E-state index contributed by atoms with van der Waals surface area (Å²) in [4.78, 5) is 13.1. The first-order chi connectivity index (χ1) is 7.02. The van der Waals surface area contributed by atoms with Gasteiger partial charge in [0.2, 0.25) is 5.91 Å². The van der Waals surface area contributed by atoms with Crippen molar-refractivity contribution >= 4 is 18.3 Å². The van der Waals surface area contributed by atoms with Gasteiger partial charge in [0.05, 0.1) is 18.8 Å². The van der Waals surface area contributed by atoms with E-state index in [-0.39, 0.29) is 24.4 Å². The zero-order valence-corrected chi connectivity index (χ0v) is 10.9. The molecule has 0 spiro atoms. The number of furan rings is 1. The fourth-order valence-corrected chi connectivity index (χ4v) is 1.31. The number of carbonyl (C=O) groups excluding carboxylic acids is 1. The third-order valence-corrected chi connectivity index (χ3v) is 2.35. The first kappa shape index (κ1) is 15.0. The SMILES string of the molecule is Cc1ccoc1CN[C@H](C)C(=O)N(C)C.Cl. The van der Waals surface area contributed by atoms with Crippen LogP contribution in [-0.2, 0) is 11.3 Å². The minimum atomic E-state index is -0.190. The Hall–Kier alpha value is -1.00. The zero-order valence-electron chi connectivity index (χ0n) is 10.1. The molecule has 5 heteroatoms. The molecule has 1 atom stereocenters. The van der Waals surface area contributed by atoms with Crippen LogP contribution in [0.2, 0.25) is 0 Å². The van der Waals surface area contributed by atoms with Gasteiger partial charge in [-0.15, -0.1) is 12.4 Å². The average molecular weight is 247 g/mol. The summed E-state index contributed by atoms with van der Waals surface area (Å²) < 4.78 is 5.27. The van der Waals surface area contributed by atoms with E-state index in [1.807, 2.05) is 19.9 Å². The number of nitrogens with one attached hydrogen (secondary N) is 1. The molecule has 1 heterocycles. The Morgan fingerprint density at radius 3 is 2.62 bits per heavy atom. The van der Waals surface area contributed by atoms with Crippen LogP contribution in [0.4, 0.5) is 0 Å². The van der Waals surface area contributed by atoms with Crippen LogP contribution >= 0.6 is 12.4 Å². The molecule has 0 saturated heterocycles. The van der Waals surface area contributed by atoms with E-state index >= 15 is 0 Å². The highest BCUT2D eigenvalue weighted by molar-refractivity contribution is 5.85. The highest BCUT2D eigenvalue weighted by Gasteiger charge is 2.14. The van der Waals surface area contributed by atoms with Crippen molar-refractivity contribution < 1.29 is 9.21 Å². The van der Waals surface area contributed by atoms with Gasteiger partial charge in [-0.1, -0.05) is 0 Å². The normalized spacial score (nSPS) is 11.8. The number of likely N-dealkylation sites (N-methyl/N-ethyl adjacent to an activating group) is 1. The average Bonchev–Trinajstić information content (AvgIpc) is 2.59. The van der Waals surface area contributed by atoms with Crippen LogP contribution in [-0.4, -0.2) is 30.9 Å². The molecule has 0 radical (unpaired) electrons. The monoisotopic (exact) mass is 246 g/mol. The molecule has 1 aromatic rings. The summed E-state index contributed by atoms with van der Waals surface area (Å²) in [6.07, 6.45) is 1.66. The molecule has 1 rings (SSSR count). The summed E-state index contributed by atoms with van der Waals surface area (Å²) in [6.45, 7) is 4.42. The second kappa shape index (κ2) is 6.55. The van der Waals surface area contributed by atoms with Gasteiger partial charge in [0, 0.05) is 14.1 Å². The molecular formula is C11H19ClN2O2. The lowest BCUT2D eigenvalue weighted by Gasteiger charge is -2.17. The second-order valence-electron chi connectivity index (χ2n) is 3.86. The summed E-state index contributed by atoms with van der Waals surface area (Å²) in [5.41, 5.74) is 1.10. The molecule has 4 nitrogen and oxygen atoms in total. The largest absolute Gasteiger partial charge is 0.468 e. The van der Waals surface area contributed by atoms with Gasteiger partial charge in [-0.2, -0.15) is 0 Å². The van der Waals surface area contributed by atoms with Crippen molar-refractivity contribution in [3.63, 3.8) is 0 Å². The topological polar surface area (TPSA) is 45.5 Å². The van der Waals surface area contributed by atoms with Crippen LogP contribution in [0.1, 0.15) is 18.2 Å². The fourth-order valence-electron chi connectivity index (χ4n) is 1.31. The molecule has 0 unspecified atom stereocenters. The van der Waals surface area contributed by atoms with Crippen molar-refractivity contribution in [2.45, 2.75) is 26.4 Å². The van der Waals surface area contributed by atoms with Crippen LogP contribution in [0.3, 0.4) is 0 Å². The maximum Gasteiger partial charge on any atom is 0.238 e. The Bertz CT molecular complexity index is 336. The molecule has 0 aliphatic heterocycles. The van der Waals surface area contributed by atoms with Gasteiger partial charge in [0.15, 0.2) is 0 Å². The Morgan fingerprint density at radius 1 is 1.56 bits per heavy atom. The van der Waals surface area contributed by atoms with E-state index < -0.39 is 0 Å². The maximum absolute atomic E-state index is 11.5. The van der Waals surface area contributed by atoms with Crippen molar-refractivity contribution in [3.8, 4) is 0 Å². The number of amides is 1. The molecule has 0 aliphatic carbocycles. The molecule has 0 fully saturated rings. The molecule has 0 saturated carbocycles. The van der Waals surface area contributed by atoms with Gasteiger partial charge in [-0.05, 0) is 25.5 Å². The minimum absolute atomic E-state index is 0. The van der Waals surface area contributed by atoms with E-state index in [1.165, 1.54) is 0 Å². The van der Waals surface area contributed by atoms with Crippen molar-refractivity contribution in [2.75, 3.05) is 14.1 Å². The predicted octanol–water partition coefficient (Wildman–Crippen LogP) is 1.58. The Morgan fingerprint density at radius 2 is 2.19 bits per heavy atom. The van der Waals surface area contributed by atoms with Crippen molar-refractivity contribution in [1.29, 1.82) is 0 Å². The Balaban J connectivity index is 0.00000225. The van der Waals surface area contributed by atoms with Gasteiger partial charge in [0.25, 0.3) is 0 Å². The summed E-state index contributed by atoms with van der Waals surface area (Å²) in [6, 6.07) is 1.72. The lowest BCUT2D eigenvalue weighted by molar-refractivity contribution is -0.130. The van der Waals surface area contributed by atoms with Crippen molar-refractivity contribution in [2.24, 2.45) is 0 Å². The number of hydrogen-bond donors (Lipinski definition) is 1. The molecule has 1 N–H and O–H groups in total. The van der Waals surface area contributed by atoms with Gasteiger partial charge in [-0.3, -0.25) is 10.1 Å². The summed E-state index contributed by atoms with van der Waals surface area (Å²) in [5, 5.41) is 3.12. The maximum atomic E-state index is 11.5. The molecule has 0 bridgehead atoms.